The highest BCUT2D eigenvalue weighted by Crippen LogP contribution is 2.60. The first-order valence-electron chi connectivity index (χ1n) is 11.8. The molecule has 7 heteroatoms. The van der Waals surface area contributed by atoms with Crippen LogP contribution >= 0.6 is 11.6 Å². The number of carbonyl (C=O) groups excluding carboxylic acids is 1. The van der Waals surface area contributed by atoms with Crippen LogP contribution in [0.4, 0.5) is 0 Å². The van der Waals surface area contributed by atoms with Crippen LogP contribution in [0, 0.1) is 30.1 Å². The average Bonchev–Trinajstić information content (AvgIpc) is 2.73. The van der Waals surface area contributed by atoms with E-state index in [-0.39, 0.29) is 22.3 Å². The Hall–Kier alpha value is -1.11. The lowest BCUT2D eigenvalue weighted by Gasteiger charge is -2.55. The van der Waals surface area contributed by atoms with E-state index in [1.807, 2.05) is 0 Å². The third-order valence-electron chi connectivity index (χ3n) is 8.40. The molecule has 0 aromatic heterocycles. The molecule has 1 atom stereocenters. The summed E-state index contributed by atoms with van der Waals surface area (Å²) in [6.45, 7) is 2.65. The second-order valence-corrected chi connectivity index (χ2v) is 12.8. The first kappa shape index (κ1) is 21.7. The van der Waals surface area contributed by atoms with Gasteiger partial charge in [-0.15, -0.1) is 0 Å². The van der Waals surface area contributed by atoms with Gasteiger partial charge in [-0.25, -0.2) is 8.42 Å². The van der Waals surface area contributed by atoms with Gasteiger partial charge in [-0.3, -0.25) is 4.79 Å². The van der Waals surface area contributed by atoms with E-state index in [0.717, 1.165) is 56.3 Å². The van der Waals surface area contributed by atoms with Crippen LogP contribution in [0.3, 0.4) is 0 Å². The standard InChI is InChI=1S/C24H33ClN2O3S/c1-16-21(25)6-4-7-22(16)31(29,30)27-8-3-2-5-20(27)15-26-23(28)24-12-17-9-18(13-24)11-19(10-17)14-24/h4,6-7,17-20H,2-3,5,8-15H2,1H3,(H,26,28). The minimum atomic E-state index is -3.66. The molecule has 0 spiro atoms. The van der Waals surface area contributed by atoms with Crippen molar-refractivity contribution >= 4 is 27.5 Å². The topological polar surface area (TPSA) is 66.5 Å². The number of sulfonamides is 1. The number of piperidine rings is 1. The largest absolute Gasteiger partial charge is 0.354 e. The summed E-state index contributed by atoms with van der Waals surface area (Å²) < 4.78 is 28.6. The average molecular weight is 465 g/mol. The van der Waals surface area contributed by atoms with E-state index in [9.17, 15) is 13.2 Å². The zero-order valence-corrected chi connectivity index (χ0v) is 19.9. The van der Waals surface area contributed by atoms with Crippen molar-refractivity contribution in [2.45, 2.75) is 75.6 Å². The highest BCUT2D eigenvalue weighted by Gasteiger charge is 2.54. The number of carbonyl (C=O) groups is 1. The molecule has 1 saturated heterocycles. The molecule has 4 saturated carbocycles. The van der Waals surface area contributed by atoms with E-state index in [2.05, 4.69) is 5.32 Å². The Morgan fingerprint density at radius 2 is 1.77 bits per heavy atom. The van der Waals surface area contributed by atoms with Crippen molar-refractivity contribution in [3.63, 3.8) is 0 Å². The summed E-state index contributed by atoms with van der Waals surface area (Å²) in [5, 5.41) is 3.68. The molecule has 4 aliphatic carbocycles. The molecule has 1 aromatic carbocycles. The lowest BCUT2D eigenvalue weighted by Crippen LogP contribution is -2.56. The first-order chi connectivity index (χ1) is 14.8. The molecule has 1 amide bonds. The Balaban J connectivity index is 1.31. The fraction of sp³-hybridized carbons (Fsp3) is 0.708. The quantitative estimate of drug-likeness (QED) is 0.696. The number of benzene rings is 1. The van der Waals surface area contributed by atoms with E-state index >= 15 is 0 Å². The van der Waals surface area contributed by atoms with Gasteiger partial charge in [-0.05, 0) is 93.7 Å². The molecule has 31 heavy (non-hydrogen) atoms. The minimum Gasteiger partial charge on any atom is -0.354 e. The maximum atomic E-state index is 13.5. The molecule has 170 valence electrons. The Morgan fingerprint density at radius 3 is 2.42 bits per heavy atom. The van der Waals surface area contributed by atoms with Gasteiger partial charge in [0.1, 0.15) is 0 Å². The number of halogens is 1. The summed E-state index contributed by atoms with van der Waals surface area (Å²) in [5.41, 5.74) is 0.391. The van der Waals surface area contributed by atoms with Crippen LogP contribution < -0.4 is 5.32 Å². The second kappa shape index (κ2) is 8.03. The zero-order chi connectivity index (χ0) is 21.8. The van der Waals surface area contributed by atoms with Gasteiger partial charge in [-0.2, -0.15) is 4.31 Å². The van der Waals surface area contributed by atoms with Gasteiger partial charge in [0, 0.05) is 29.6 Å². The van der Waals surface area contributed by atoms with Gasteiger partial charge < -0.3 is 5.32 Å². The van der Waals surface area contributed by atoms with Gasteiger partial charge in [-0.1, -0.05) is 24.1 Å². The van der Waals surface area contributed by atoms with Crippen LogP contribution in [-0.2, 0) is 14.8 Å². The molecular formula is C24H33ClN2O3S. The fourth-order valence-electron chi connectivity index (χ4n) is 7.27. The van der Waals surface area contributed by atoms with Gasteiger partial charge in [0.25, 0.3) is 0 Å². The highest BCUT2D eigenvalue weighted by atomic mass is 35.5. The van der Waals surface area contributed by atoms with Crippen molar-refractivity contribution in [2.75, 3.05) is 13.1 Å². The van der Waals surface area contributed by atoms with Crippen LogP contribution in [0.1, 0.15) is 63.4 Å². The molecule has 1 aliphatic heterocycles. The summed E-state index contributed by atoms with van der Waals surface area (Å²) >= 11 is 6.21. The number of hydrogen-bond donors (Lipinski definition) is 1. The predicted molar refractivity (Wildman–Crippen MR) is 121 cm³/mol. The van der Waals surface area contributed by atoms with Crippen LogP contribution in [0.25, 0.3) is 0 Å². The Morgan fingerprint density at radius 1 is 1.13 bits per heavy atom. The normalized spacial score (nSPS) is 35.3. The van der Waals surface area contributed by atoms with Crippen LogP contribution in [0.2, 0.25) is 5.02 Å². The number of rotatable bonds is 5. The summed E-state index contributed by atoms with van der Waals surface area (Å²) in [6.07, 6.45) is 9.61. The van der Waals surface area contributed by atoms with Crippen molar-refractivity contribution in [1.29, 1.82) is 0 Å². The maximum absolute atomic E-state index is 13.5. The molecule has 1 aromatic rings. The van der Waals surface area contributed by atoms with Gasteiger partial charge in [0.15, 0.2) is 0 Å². The first-order valence-corrected chi connectivity index (χ1v) is 13.7. The highest BCUT2D eigenvalue weighted by molar-refractivity contribution is 7.89. The SMILES string of the molecule is Cc1c(Cl)cccc1S(=O)(=O)N1CCCCC1CNC(=O)C12CC3CC(CC(C3)C1)C2. The summed E-state index contributed by atoms with van der Waals surface area (Å²) in [6, 6.07) is 4.84. The molecule has 6 rings (SSSR count). The van der Waals surface area contributed by atoms with Crippen molar-refractivity contribution in [3.8, 4) is 0 Å². The molecule has 5 fully saturated rings. The molecule has 5 aliphatic rings. The van der Waals surface area contributed by atoms with Crippen molar-refractivity contribution in [3.05, 3.63) is 28.8 Å². The zero-order valence-electron chi connectivity index (χ0n) is 18.3. The van der Waals surface area contributed by atoms with E-state index in [1.165, 1.54) is 19.3 Å². The maximum Gasteiger partial charge on any atom is 0.243 e. The lowest BCUT2D eigenvalue weighted by molar-refractivity contribution is -0.146. The lowest BCUT2D eigenvalue weighted by atomic mass is 9.49. The van der Waals surface area contributed by atoms with Crippen molar-refractivity contribution in [1.82, 2.24) is 9.62 Å². The Kier molecular flexibility index (Phi) is 5.63. The second-order valence-electron chi connectivity index (χ2n) is 10.5. The third-order valence-corrected chi connectivity index (χ3v) is 10.9. The molecule has 1 heterocycles. The van der Waals surface area contributed by atoms with Crippen LogP contribution in [0.15, 0.2) is 23.1 Å². The number of hydrogen-bond acceptors (Lipinski definition) is 3. The minimum absolute atomic E-state index is 0.174. The van der Waals surface area contributed by atoms with Gasteiger partial charge >= 0.3 is 0 Å². The number of nitrogens with one attached hydrogen (secondary N) is 1. The molecule has 1 unspecified atom stereocenters. The van der Waals surface area contributed by atoms with E-state index in [0.29, 0.717) is 23.7 Å². The number of amides is 1. The van der Waals surface area contributed by atoms with Crippen molar-refractivity contribution < 1.29 is 13.2 Å². The summed E-state index contributed by atoms with van der Waals surface area (Å²) in [7, 11) is -3.66. The third kappa shape index (κ3) is 3.83. The van der Waals surface area contributed by atoms with E-state index < -0.39 is 10.0 Å². The molecule has 4 bridgehead atoms. The van der Waals surface area contributed by atoms with E-state index in [1.54, 1.807) is 29.4 Å². The monoisotopic (exact) mass is 464 g/mol. The van der Waals surface area contributed by atoms with Crippen LogP contribution in [0.5, 0.6) is 0 Å². The summed E-state index contributed by atoms with van der Waals surface area (Å²) in [5.74, 6) is 2.33. The molecule has 1 N–H and O–H groups in total. The van der Waals surface area contributed by atoms with Gasteiger partial charge in [0.2, 0.25) is 15.9 Å². The molecule has 0 radical (unpaired) electrons. The Labute approximate surface area is 191 Å². The smallest absolute Gasteiger partial charge is 0.243 e. The fourth-order valence-corrected chi connectivity index (χ4v) is 9.45. The molecular weight excluding hydrogens is 432 g/mol. The van der Waals surface area contributed by atoms with Crippen molar-refractivity contribution in [2.24, 2.45) is 23.2 Å². The van der Waals surface area contributed by atoms with Crippen LogP contribution in [-0.4, -0.2) is 37.8 Å². The molecule has 5 nitrogen and oxygen atoms in total. The van der Waals surface area contributed by atoms with E-state index in [4.69, 9.17) is 11.6 Å². The van der Waals surface area contributed by atoms with Gasteiger partial charge in [0.05, 0.1) is 4.90 Å². The number of nitrogens with zero attached hydrogens (tertiary/aromatic N) is 1. The predicted octanol–water partition coefficient (Wildman–Crippen LogP) is 4.52. The Bertz CT molecular complexity index is 942. The summed E-state index contributed by atoms with van der Waals surface area (Å²) in [4.78, 5) is 13.6.